The summed E-state index contributed by atoms with van der Waals surface area (Å²) in [6, 6.07) is 6.25. The number of aryl methyl sites for hydroxylation is 1. The number of hydrogen-bond donors (Lipinski definition) is 1. The second-order valence-electron chi connectivity index (χ2n) is 5.44. The molecule has 0 amide bonds. The highest BCUT2D eigenvalue weighted by molar-refractivity contribution is 7.89. The highest BCUT2D eigenvalue weighted by Crippen LogP contribution is 2.30. The molecule has 2 rings (SSSR count). The maximum Gasteiger partial charge on any atom is 0.303 e. The van der Waals surface area contributed by atoms with Crippen LogP contribution in [0, 0.1) is 18.3 Å². The topological polar surface area (TPSA) is 98.5 Å². The van der Waals surface area contributed by atoms with Crippen LogP contribution >= 0.6 is 0 Å². The van der Waals surface area contributed by atoms with Crippen LogP contribution in [0.3, 0.4) is 0 Å². The molecule has 1 N–H and O–H groups in total. The second kappa shape index (κ2) is 6.46. The van der Waals surface area contributed by atoms with E-state index < -0.39 is 16.0 Å². The van der Waals surface area contributed by atoms with Gasteiger partial charge in [0.15, 0.2) is 0 Å². The van der Waals surface area contributed by atoms with E-state index >= 15 is 0 Å². The third-order valence-corrected chi connectivity index (χ3v) is 6.01. The molecule has 1 aliphatic rings. The molecule has 118 valence electrons. The summed E-state index contributed by atoms with van der Waals surface area (Å²) in [5.74, 6) is -0.924. The minimum Gasteiger partial charge on any atom is -0.481 e. The van der Waals surface area contributed by atoms with Gasteiger partial charge in [0.1, 0.15) is 0 Å². The summed E-state index contributed by atoms with van der Waals surface area (Å²) in [6.45, 7) is 2.08. The first kappa shape index (κ1) is 16.5. The van der Waals surface area contributed by atoms with Gasteiger partial charge in [-0.1, -0.05) is 6.07 Å². The largest absolute Gasteiger partial charge is 0.481 e. The smallest absolute Gasteiger partial charge is 0.303 e. The molecule has 1 aromatic carbocycles. The summed E-state index contributed by atoms with van der Waals surface area (Å²) >= 11 is 0. The number of carboxylic acids is 1. The summed E-state index contributed by atoms with van der Waals surface area (Å²) in [5, 5.41) is 17.7. The molecule has 1 unspecified atom stereocenters. The lowest BCUT2D eigenvalue weighted by Gasteiger charge is -2.24. The van der Waals surface area contributed by atoms with Crippen molar-refractivity contribution >= 4 is 16.0 Å². The van der Waals surface area contributed by atoms with Gasteiger partial charge in [-0.05, 0) is 43.9 Å². The van der Waals surface area contributed by atoms with E-state index in [0.29, 0.717) is 30.5 Å². The van der Waals surface area contributed by atoms with Crippen LogP contribution in [0.5, 0.6) is 0 Å². The van der Waals surface area contributed by atoms with Gasteiger partial charge in [-0.15, -0.1) is 0 Å². The van der Waals surface area contributed by atoms with E-state index in [1.807, 2.05) is 6.07 Å². The number of nitriles is 1. The van der Waals surface area contributed by atoms with Crippen molar-refractivity contribution in [1.29, 1.82) is 5.26 Å². The van der Waals surface area contributed by atoms with E-state index in [0.717, 1.165) is 6.42 Å². The molecule has 1 fully saturated rings. The zero-order valence-electron chi connectivity index (χ0n) is 12.3. The maximum atomic E-state index is 12.8. The van der Waals surface area contributed by atoms with Gasteiger partial charge in [0.2, 0.25) is 10.0 Å². The molecule has 1 aliphatic heterocycles. The monoisotopic (exact) mass is 322 g/mol. The lowest BCUT2D eigenvalue weighted by atomic mass is 10.1. The predicted molar refractivity (Wildman–Crippen MR) is 79.7 cm³/mol. The minimum atomic E-state index is -3.71. The zero-order chi connectivity index (χ0) is 16.3. The number of aliphatic carboxylic acids is 1. The highest BCUT2D eigenvalue weighted by Gasteiger charge is 2.36. The molecular weight excluding hydrogens is 304 g/mol. The zero-order valence-corrected chi connectivity index (χ0v) is 13.1. The minimum absolute atomic E-state index is 0.0477. The van der Waals surface area contributed by atoms with Crippen molar-refractivity contribution in [3.63, 3.8) is 0 Å². The van der Waals surface area contributed by atoms with Crippen LogP contribution in [-0.4, -0.2) is 36.4 Å². The maximum absolute atomic E-state index is 12.8. The van der Waals surface area contributed by atoms with E-state index in [-0.39, 0.29) is 17.4 Å². The highest BCUT2D eigenvalue weighted by atomic mass is 32.2. The molecule has 1 atom stereocenters. The van der Waals surface area contributed by atoms with Crippen LogP contribution in [-0.2, 0) is 14.8 Å². The molecule has 22 heavy (non-hydrogen) atoms. The normalized spacial score (nSPS) is 19.0. The molecule has 6 nitrogen and oxygen atoms in total. The van der Waals surface area contributed by atoms with Crippen LogP contribution in [0.2, 0.25) is 0 Å². The standard InChI is InChI=1S/C15H18N2O4S/c1-11-4-5-12(10-16)9-14(11)22(20,21)17-8-2-3-13(17)6-7-15(18)19/h4-5,9,13H,2-3,6-8H2,1H3,(H,18,19). The van der Waals surface area contributed by atoms with Crippen molar-refractivity contribution in [3.05, 3.63) is 29.3 Å². The number of benzene rings is 1. The number of carbonyl (C=O) groups is 1. The van der Waals surface area contributed by atoms with Gasteiger partial charge in [-0.25, -0.2) is 8.42 Å². The van der Waals surface area contributed by atoms with E-state index in [1.165, 1.54) is 10.4 Å². The summed E-state index contributed by atoms with van der Waals surface area (Å²) in [5.41, 5.74) is 0.883. The molecule has 1 heterocycles. The van der Waals surface area contributed by atoms with Gasteiger partial charge in [0, 0.05) is 19.0 Å². The Balaban J connectivity index is 2.33. The van der Waals surface area contributed by atoms with Gasteiger partial charge >= 0.3 is 5.97 Å². The average molecular weight is 322 g/mol. The van der Waals surface area contributed by atoms with Gasteiger partial charge in [0.05, 0.1) is 16.5 Å². The summed E-state index contributed by atoms with van der Waals surface area (Å²) < 4.78 is 27.1. The summed E-state index contributed by atoms with van der Waals surface area (Å²) in [6.07, 6.45) is 1.66. The SMILES string of the molecule is Cc1ccc(C#N)cc1S(=O)(=O)N1CCCC1CCC(=O)O. The van der Waals surface area contributed by atoms with Crippen molar-refractivity contribution in [3.8, 4) is 6.07 Å². The van der Waals surface area contributed by atoms with E-state index in [1.54, 1.807) is 19.1 Å². The lowest BCUT2D eigenvalue weighted by Crippen LogP contribution is -2.36. The Morgan fingerprint density at radius 1 is 1.50 bits per heavy atom. The first-order chi connectivity index (χ1) is 10.4. The molecule has 0 radical (unpaired) electrons. The van der Waals surface area contributed by atoms with Crippen LogP contribution in [0.25, 0.3) is 0 Å². The van der Waals surface area contributed by atoms with Crippen LogP contribution < -0.4 is 0 Å². The summed E-state index contributed by atoms with van der Waals surface area (Å²) in [7, 11) is -3.71. The molecule has 0 saturated carbocycles. The fraction of sp³-hybridized carbons (Fsp3) is 0.467. The van der Waals surface area contributed by atoms with Crippen molar-refractivity contribution in [2.75, 3.05) is 6.54 Å². The molecule has 0 bridgehead atoms. The molecule has 7 heteroatoms. The molecule has 0 aromatic heterocycles. The molecule has 0 aliphatic carbocycles. The number of carboxylic acid groups (broad SMARTS) is 1. The Morgan fingerprint density at radius 3 is 2.86 bits per heavy atom. The molecule has 1 aromatic rings. The fourth-order valence-electron chi connectivity index (χ4n) is 2.78. The van der Waals surface area contributed by atoms with Crippen molar-refractivity contribution in [2.24, 2.45) is 0 Å². The number of nitrogens with zero attached hydrogens (tertiary/aromatic N) is 2. The van der Waals surface area contributed by atoms with Gasteiger partial charge in [-0.2, -0.15) is 9.57 Å². The fourth-order valence-corrected chi connectivity index (χ4v) is 4.75. The van der Waals surface area contributed by atoms with E-state index in [9.17, 15) is 13.2 Å². The third kappa shape index (κ3) is 3.29. The molecular formula is C15H18N2O4S. The van der Waals surface area contributed by atoms with Crippen molar-refractivity contribution in [2.45, 2.75) is 43.5 Å². The Kier molecular flexibility index (Phi) is 4.84. The molecule has 1 saturated heterocycles. The van der Waals surface area contributed by atoms with Gasteiger partial charge in [-0.3, -0.25) is 4.79 Å². The Hall–Kier alpha value is -1.91. The van der Waals surface area contributed by atoms with Gasteiger partial charge in [0.25, 0.3) is 0 Å². The quantitative estimate of drug-likeness (QED) is 0.892. The average Bonchev–Trinajstić information content (AvgIpc) is 2.94. The molecule has 0 spiro atoms. The third-order valence-electron chi connectivity index (χ3n) is 3.92. The van der Waals surface area contributed by atoms with Crippen molar-refractivity contribution < 1.29 is 18.3 Å². The van der Waals surface area contributed by atoms with E-state index in [4.69, 9.17) is 10.4 Å². The Bertz CT molecular complexity index is 722. The second-order valence-corrected chi connectivity index (χ2v) is 7.30. The Labute approximate surface area is 130 Å². The first-order valence-electron chi connectivity index (χ1n) is 7.10. The first-order valence-corrected chi connectivity index (χ1v) is 8.54. The van der Waals surface area contributed by atoms with E-state index in [2.05, 4.69) is 0 Å². The number of hydrogen-bond acceptors (Lipinski definition) is 4. The predicted octanol–water partition coefficient (Wildman–Crippen LogP) is 1.88. The number of sulfonamides is 1. The summed E-state index contributed by atoms with van der Waals surface area (Å²) in [4.78, 5) is 10.8. The Morgan fingerprint density at radius 2 is 2.23 bits per heavy atom. The van der Waals surface area contributed by atoms with Crippen molar-refractivity contribution in [1.82, 2.24) is 4.31 Å². The van der Waals surface area contributed by atoms with Gasteiger partial charge < -0.3 is 5.11 Å². The van der Waals surface area contributed by atoms with Crippen LogP contribution in [0.4, 0.5) is 0 Å². The van der Waals surface area contributed by atoms with Crippen LogP contribution in [0.15, 0.2) is 23.1 Å². The number of rotatable bonds is 5. The van der Waals surface area contributed by atoms with Crippen LogP contribution in [0.1, 0.15) is 36.8 Å². The lowest BCUT2D eigenvalue weighted by molar-refractivity contribution is -0.137.